The van der Waals surface area contributed by atoms with Crippen molar-refractivity contribution in [1.29, 1.82) is 0 Å². The molecule has 0 bridgehead atoms. The van der Waals surface area contributed by atoms with Gasteiger partial charge in [0.25, 0.3) is 0 Å². The molecule has 0 radical (unpaired) electrons. The summed E-state index contributed by atoms with van der Waals surface area (Å²) in [6, 6.07) is 33.4. The van der Waals surface area contributed by atoms with Crippen LogP contribution in [0.3, 0.4) is 0 Å². The van der Waals surface area contributed by atoms with Crippen LogP contribution in [0.15, 0.2) is 97.1 Å². The van der Waals surface area contributed by atoms with Gasteiger partial charge in [0.05, 0.1) is 0 Å². The molecule has 0 heterocycles. The predicted octanol–water partition coefficient (Wildman–Crippen LogP) is 7.03. The maximum absolute atomic E-state index is 11.8. The zero-order valence-corrected chi connectivity index (χ0v) is 23.0. The van der Waals surface area contributed by atoms with E-state index < -0.39 is 0 Å². The third kappa shape index (κ3) is 10.1. The largest absolute Gasteiger partial charge is 0.492 e. The summed E-state index contributed by atoms with van der Waals surface area (Å²) < 4.78 is 11.2. The van der Waals surface area contributed by atoms with Crippen LogP contribution in [0, 0.1) is 0 Å². The third-order valence-corrected chi connectivity index (χ3v) is 6.86. The van der Waals surface area contributed by atoms with Gasteiger partial charge in [-0.15, -0.1) is 0 Å². The van der Waals surface area contributed by atoms with E-state index in [4.69, 9.17) is 9.47 Å². The molecule has 4 aromatic rings. The number of carbonyl (C=O) groups excluding carboxylic acids is 1. The van der Waals surface area contributed by atoms with E-state index in [0.717, 1.165) is 56.5 Å². The van der Waals surface area contributed by atoms with Crippen LogP contribution in [0.4, 0.5) is 4.79 Å². The lowest BCUT2D eigenvalue weighted by Gasteiger charge is -2.17. The summed E-state index contributed by atoms with van der Waals surface area (Å²) in [4.78, 5) is 14.1. The number of hydrogen-bond acceptors (Lipinski definition) is 4. The zero-order chi connectivity index (χ0) is 27.1. The lowest BCUT2D eigenvalue weighted by atomic mass is 10.0. The fourth-order valence-corrected chi connectivity index (χ4v) is 4.55. The summed E-state index contributed by atoms with van der Waals surface area (Å²) in [7, 11) is 2.16. The number of alkyl carbamates (subject to hydrolysis) is 1. The number of likely N-dealkylation sites (N-methyl/N-ethyl adjacent to an activating group) is 1. The Morgan fingerprint density at radius 3 is 2.26 bits per heavy atom. The summed E-state index contributed by atoms with van der Waals surface area (Å²) in [5.74, 6) is 0.908. The van der Waals surface area contributed by atoms with E-state index in [1.54, 1.807) is 0 Å². The summed E-state index contributed by atoms with van der Waals surface area (Å²) in [5, 5.41) is 5.44. The minimum atomic E-state index is -0.365. The number of rotatable bonds is 15. The number of carbonyl (C=O) groups is 1. The summed E-state index contributed by atoms with van der Waals surface area (Å²) in [6.45, 7) is 3.54. The first-order valence-corrected chi connectivity index (χ1v) is 14.0. The molecule has 39 heavy (non-hydrogen) atoms. The Hall–Kier alpha value is -3.83. The van der Waals surface area contributed by atoms with Crippen molar-refractivity contribution in [2.24, 2.45) is 0 Å². The Kier molecular flexibility index (Phi) is 11.2. The van der Waals surface area contributed by atoms with Crippen LogP contribution in [0.1, 0.15) is 36.0 Å². The van der Waals surface area contributed by atoms with E-state index in [2.05, 4.69) is 71.9 Å². The molecule has 1 amide bonds. The topological polar surface area (TPSA) is 50.8 Å². The van der Waals surface area contributed by atoms with Crippen molar-refractivity contribution in [3.63, 3.8) is 0 Å². The molecular formula is C34H40N2O3. The predicted molar refractivity (Wildman–Crippen MR) is 159 cm³/mol. The molecule has 0 unspecified atom stereocenters. The van der Waals surface area contributed by atoms with Crippen LogP contribution in [0.5, 0.6) is 5.75 Å². The van der Waals surface area contributed by atoms with Gasteiger partial charge >= 0.3 is 6.09 Å². The number of fused-ring (bicyclic) bond motifs is 1. The van der Waals surface area contributed by atoms with Crippen molar-refractivity contribution in [2.75, 3.05) is 33.3 Å². The van der Waals surface area contributed by atoms with Crippen molar-refractivity contribution in [2.45, 2.75) is 38.7 Å². The Labute approximate surface area is 232 Å². The number of nitrogens with zero attached hydrogens (tertiary/aromatic N) is 1. The molecule has 0 spiro atoms. The zero-order valence-electron chi connectivity index (χ0n) is 23.0. The minimum Gasteiger partial charge on any atom is -0.492 e. The van der Waals surface area contributed by atoms with Crippen molar-refractivity contribution >= 4 is 16.9 Å². The maximum Gasteiger partial charge on any atom is 0.407 e. The van der Waals surface area contributed by atoms with Gasteiger partial charge in [-0.3, -0.25) is 0 Å². The first-order valence-electron chi connectivity index (χ1n) is 14.0. The average molecular weight is 525 g/mol. The number of ether oxygens (including phenoxy) is 2. The first-order chi connectivity index (χ1) is 19.2. The second-order valence-electron chi connectivity index (χ2n) is 10.0. The Morgan fingerprint density at radius 1 is 0.718 bits per heavy atom. The molecule has 0 aliphatic carbocycles. The SMILES string of the molecule is CN(CCCc1ccc2ccccc2c1)CCOc1ccc(CCCCNC(=O)OCc2ccccc2)cc1. The van der Waals surface area contributed by atoms with Crippen molar-refractivity contribution in [3.8, 4) is 5.75 Å². The molecule has 5 nitrogen and oxygen atoms in total. The molecule has 0 aliphatic rings. The van der Waals surface area contributed by atoms with E-state index in [0.29, 0.717) is 19.8 Å². The summed E-state index contributed by atoms with van der Waals surface area (Å²) in [6.07, 6.45) is 4.74. The van der Waals surface area contributed by atoms with Gasteiger partial charge in [0.15, 0.2) is 0 Å². The number of aryl methyl sites for hydroxylation is 2. The van der Waals surface area contributed by atoms with Gasteiger partial charge < -0.3 is 19.7 Å². The van der Waals surface area contributed by atoms with E-state index in [9.17, 15) is 4.79 Å². The second kappa shape index (κ2) is 15.6. The monoisotopic (exact) mass is 524 g/mol. The second-order valence-corrected chi connectivity index (χ2v) is 10.0. The van der Waals surface area contributed by atoms with Crippen LogP contribution < -0.4 is 10.1 Å². The molecule has 4 aromatic carbocycles. The van der Waals surface area contributed by atoms with E-state index in [1.807, 2.05) is 42.5 Å². The Morgan fingerprint density at radius 2 is 1.44 bits per heavy atom. The highest BCUT2D eigenvalue weighted by atomic mass is 16.5. The van der Waals surface area contributed by atoms with Crippen LogP contribution >= 0.6 is 0 Å². The van der Waals surface area contributed by atoms with E-state index in [-0.39, 0.29) is 6.09 Å². The van der Waals surface area contributed by atoms with Crippen LogP contribution in [-0.2, 0) is 24.2 Å². The molecule has 4 rings (SSSR count). The molecule has 0 saturated heterocycles. The molecule has 1 N–H and O–H groups in total. The van der Waals surface area contributed by atoms with Crippen LogP contribution in [0.25, 0.3) is 10.8 Å². The summed E-state index contributed by atoms with van der Waals surface area (Å²) in [5.41, 5.74) is 3.66. The number of unbranched alkanes of at least 4 members (excludes halogenated alkanes) is 1. The molecule has 0 aliphatic heterocycles. The number of nitrogens with one attached hydrogen (secondary N) is 1. The number of hydrogen-bond donors (Lipinski definition) is 1. The lowest BCUT2D eigenvalue weighted by molar-refractivity contribution is 0.139. The minimum absolute atomic E-state index is 0.295. The highest BCUT2D eigenvalue weighted by Gasteiger charge is 2.04. The van der Waals surface area contributed by atoms with E-state index >= 15 is 0 Å². The highest BCUT2D eigenvalue weighted by Crippen LogP contribution is 2.17. The van der Waals surface area contributed by atoms with Crippen LogP contribution in [0.2, 0.25) is 0 Å². The number of amides is 1. The lowest BCUT2D eigenvalue weighted by Crippen LogP contribution is -2.25. The quantitative estimate of drug-likeness (QED) is 0.170. The van der Waals surface area contributed by atoms with E-state index in [1.165, 1.54) is 21.9 Å². The van der Waals surface area contributed by atoms with Gasteiger partial charge in [-0.1, -0.05) is 84.9 Å². The Bertz CT molecular complexity index is 1270. The molecule has 5 heteroatoms. The molecule has 204 valence electrons. The smallest absolute Gasteiger partial charge is 0.407 e. The van der Waals surface area contributed by atoms with Gasteiger partial charge in [0.2, 0.25) is 0 Å². The van der Waals surface area contributed by atoms with Gasteiger partial charge in [-0.25, -0.2) is 4.79 Å². The Balaban J connectivity index is 1.03. The number of benzene rings is 4. The van der Waals surface area contributed by atoms with Gasteiger partial charge in [0, 0.05) is 13.1 Å². The van der Waals surface area contributed by atoms with Gasteiger partial charge in [-0.05, 0) is 85.3 Å². The highest BCUT2D eigenvalue weighted by molar-refractivity contribution is 5.82. The molecule has 0 aromatic heterocycles. The fraction of sp³-hybridized carbons (Fsp3) is 0.324. The van der Waals surface area contributed by atoms with Crippen molar-refractivity contribution < 1.29 is 14.3 Å². The fourth-order valence-electron chi connectivity index (χ4n) is 4.55. The van der Waals surface area contributed by atoms with Gasteiger partial charge in [-0.2, -0.15) is 0 Å². The normalized spacial score (nSPS) is 11.0. The molecular weight excluding hydrogens is 484 g/mol. The maximum atomic E-state index is 11.8. The first kappa shape index (κ1) is 28.2. The van der Waals surface area contributed by atoms with Crippen LogP contribution in [-0.4, -0.2) is 44.3 Å². The van der Waals surface area contributed by atoms with Crippen molar-refractivity contribution in [1.82, 2.24) is 10.2 Å². The standard InChI is InChI=1S/C34H40N2O3/c1-36(23-9-13-29-16-19-31-14-5-6-15-32(31)26-29)24-25-38-33-20-17-28(18-21-33)10-7-8-22-35-34(37)39-27-30-11-3-2-4-12-30/h2-6,11-12,14-21,26H,7-10,13,22-25,27H2,1H3,(H,35,37). The molecule has 0 saturated carbocycles. The molecule has 0 atom stereocenters. The molecule has 0 fully saturated rings. The third-order valence-electron chi connectivity index (χ3n) is 6.86. The van der Waals surface area contributed by atoms with Gasteiger partial charge in [0.1, 0.15) is 19.0 Å². The van der Waals surface area contributed by atoms with Crippen molar-refractivity contribution in [3.05, 3.63) is 114 Å². The average Bonchev–Trinajstić information content (AvgIpc) is 2.97. The summed E-state index contributed by atoms with van der Waals surface area (Å²) >= 11 is 0.